The van der Waals surface area contributed by atoms with Gasteiger partial charge in [-0.3, -0.25) is 19.8 Å². The van der Waals surface area contributed by atoms with Crippen molar-refractivity contribution in [2.24, 2.45) is 0 Å². The Balaban J connectivity index is 1.48. The minimum atomic E-state index is -0.146. The van der Waals surface area contributed by atoms with Gasteiger partial charge in [0.1, 0.15) is 0 Å². The zero-order chi connectivity index (χ0) is 18.8. The van der Waals surface area contributed by atoms with Crippen LogP contribution in [0.25, 0.3) is 22.4 Å². The van der Waals surface area contributed by atoms with Gasteiger partial charge < -0.3 is 4.98 Å². The first kappa shape index (κ1) is 17.2. The molecule has 0 spiro atoms. The molecule has 7 nitrogen and oxygen atoms in total. The third-order valence-corrected chi connectivity index (χ3v) is 4.56. The summed E-state index contributed by atoms with van der Waals surface area (Å²) in [6.45, 7) is 2.44. The zero-order valence-corrected chi connectivity index (χ0v) is 15.5. The number of imidazole rings is 1. The van der Waals surface area contributed by atoms with Crippen LogP contribution < -0.4 is 5.32 Å². The molecule has 136 valence electrons. The first-order chi connectivity index (χ1) is 13.1. The van der Waals surface area contributed by atoms with E-state index in [0.717, 1.165) is 28.0 Å². The van der Waals surface area contributed by atoms with E-state index in [9.17, 15) is 4.79 Å². The van der Waals surface area contributed by atoms with Crippen molar-refractivity contribution < 1.29 is 4.79 Å². The van der Waals surface area contributed by atoms with Gasteiger partial charge in [0.25, 0.3) is 0 Å². The topological polar surface area (TPSA) is 91.4 Å². The lowest BCUT2D eigenvalue weighted by Crippen LogP contribution is -2.15. The van der Waals surface area contributed by atoms with Crippen LogP contribution >= 0.6 is 12.2 Å². The second-order valence-corrected chi connectivity index (χ2v) is 6.66. The molecule has 0 fully saturated rings. The molecule has 1 amide bonds. The number of fused-ring (bicyclic) bond motifs is 1. The number of rotatable bonds is 5. The lowest BCUT2D eigenvalue weighted by molar-refractivity contribution is -0.116. The van der Waals surface area contributed by atoms with Gasteiger partial charge >= 0.3 is 0 Å². The van der Waals surface area contributed by atoms with E-state index in [4.69, 9.17) is 12.2 Å². The van der Waals surface area contributed by atoms with E-state index < -0.39 is 0 Å². The minimum Gasteiger partial charge on any atom is -0.324 e. The highest BCUT2D eigenvalue weighted by Crippen LogP contribution is 2.19. The number of para-hydroxylation sites is 2. The Kier molecular flexibility index (Phi) is 4.55. The summed E-state index contributed by atoms with van der Waals surface area (Å²) >= 11 is 5.33. The number of aryl methyl sites for hydroxylation is 1. The maximum absolute atomic E-state index is 12.3. The fraction of sp³-hybridized carbons (Fsp3) is 0.158. The molecule has 2 heterocycles. The standard InChI is InChI=1S/C19H18N6OS/c1-12-5-4-6-13(11-12)17-23-24-19(27)25(17)10-9-16(26)22-18-20-14-7-2-3-8-15(14)21-18/h2-8,11H,9-10H2,1H3,(H,24,27)(H2,20,21,22,26). The number of carbonyl (C=O) groups is 1. The maximum Gasteiger partial charge on any atom is 0.228 e. The van der Waals surface area contributed by atoms with Crippen LogP contribution in [0.3, 0.4) is 0 Å². The van der Waals surface area contributed by atoms with E-state index in [1.54, 1.807) is 0 Å². The lowest BCUT2D eigenvalue weighted by Gasteiger charge is -2.07. The van der Waals surface area contributed by atoms with Gasteiger partial charge in [-0.25, -0.2) is 4.98 Å². The van der Waals surface area contributed by atoms with Crippen molar-refractivity contribution in [3.8, 4) is 11.4 Å². The van der Waals surface area contributed by atoms with Gasteiger partial charge in [-0.1, -0.05) is 35.9 Å². The first-order valence-electron chi connectivity index (χ1n) is 8.57. The minimum absolute atomic E-state index is 0.146. The molecule has 0 bridgehead atoms. The molecule has 0 atom stereocenters. The molecule has 27 heavy (non-hydrogen) atoms. The fourth-order valence-electron chi connectivity index (χ4n) is 2.95. The van der Waals surface area contributed by atoms with Gasteiger partial charge in [-0.05, 0) is 37.3 Å². The second-order valence-electron chi connectivity index (χ2n) is 6.27. The van der Waals surface area contributed by atoms with Gasteiger partial charge in [-0.2, -0.15) is 5.10 Å². The number of hydrogen-bond acceptors (Lipinski definition) is 4. The van der Waals surface area contributed by atoms with Gasteiger partial charge in [0.2, 0.25) is 11.9 Å². The summed E-state index contributed by atoms with van der Waals surface area (Å²) in [6, 6.07) is 15.6. The molecule has 0 saturated carbocycles. The Morgan fingerprint density at radius 2 is 2.07 bits per heavy atom. The Bertz CT molecular complexity index is 1140. The molecular formula is C19H18N6OS. The molecule has 0 aliphatic rings. The van der Waals surface area contributed by atoms with Gasteiger partial charge in [0, 0.05) is 18.5 Å². The van der Waals surface area contributed by atoms with Crippen molar-refractivity contribution in [2.45, 2.75) is 19.9 Å². The van der Waals surface area contributed by atoms with Gasteiger partial charge in [0.15, 0.2) is 10.6 Å². The number of benzene rings is 2. The number of aromatic nitrogens is 5. The van der Waals surface area contributed by atoms with Crippen molar-refractivity contribution in [1.82, 2.24) is 24.7 Å². The number of anilines is 1. The SMILES string of the molecule is Cc1cccc(-c2n[nH]c(=S)n2CCC(=O)Nc2nc3ccccc3[nH]2)c1. The zero-order valence-electron chi connectivity index (χ0n) is 14.7. The molecule has 2 aromatic heterocycles. The second kappa shape index (κ2) is 7.16. The van der Waals surface area contributed by atoms with Crippen molar-refractivity contribution >= 4 is 35.1 Å². The summed E-state index contributed by atoms with van der Waals surface area (Å²) in [5, 5.41) is 9.92. The number of hydrogen-bond donors (Lipinski definition) is 3. The number of aromatic amines is 2. The summed E-state index contributed by atoms with van der Waals surface area (Å²) in [6.07, 6.45) is 0.254. The van der Waals surface area contributed by atoms with Gasteiger partial charge in [-0.15, -0.1) is 0 Å². The van der Waals surface area contributed by atoms with Crippen LogP contribution in [-0.4, -0.2) is 30.6 Å². The normalized spacial score (nSPS) is 11.0. The molecule has 8 heteroatoms. The first-order valence-corrected chi connectivity index (χ1v) is 8.98. The van der Waals surface area contributed by atoms with Crippen molar-refractivity contribution in [2.75, 3.05) is 5.32 Å². The Morgan fingerprint density at radius 3 is 2.89 bits per heavy atom. The van der Waals surface area contributed by atoms with Crippen LogP contribution in [0.5, 0.6) is 0 Å². The van der Waals surface area contributed by atoms with E-state index in [1.165, 1.54) is 0 Å². The highest BCUT2D eigenvalue weighted by Gasteiger charge is 2.12. The van der Waals surface area contributed by atoms with E-state index in [-0.39, 0.29) is 12.3 Å². The molecule has 2 aromatic carbocycles. The molecular weight excluding hydrogens is 360 g/mol. The fourth-order valence-corrected chi connectivity index (χ4v) is 3.17. The smallest absolute Gasteiger partial charge is 0.228 e. The summed E-state index contributed by atoms with van der Waals surface area (Å²) < 4.78 is 2.32. The third kappa shape index (κ3) is 3.65. The van der Waals surface area contributed by atoms with E-state index in [1.807, 2.05) is 60.0 Å². The van der Waals surface area contributed by atoms with Crippen molar-refractivity contribution in [1.29, 1.82) is 0 Å². The molecule has 0 unspecified atom stereocenters. The third-order valence-electron chi connectivity index (χ3n) is 4.24. The number of carbonyl (C=O) groups excluding carboxylic acids is 1. The predicted molar refractivity (Wildman–Crippen MR) is 107 cm³/mol. The summed E-state index contributed by atoms with van der Waals surface area (Å²) in [4.78, 5) is 19.8. The average molecular weight is 378 g/mol. The average Bonchev–Trinajstić information content (AvgIpc) is 3.22. The summed E-state index contributed by atoms with van der Waals surface area (Å²) in [5.74, 6) is 1.02. The molecule has 0 aliphatic heterocycles. The monoisotopic (exact) mass is 378 g/mol. The van der Waals surface area contributed by atoms with Crippen LogP contribution in [0.2, 0.25) is 0 Å². The predicted octanol–water partition coefficient (Wildman–Crippen LogP) is 3.82. The molecule has 0 radical (unpaired) electrons. The van der Waals surface area contributed by atoms with Crippen molar-refractivity contribution in [3.05, 3.63) is 58.9 Å². The maximum atomic E-state index is 12.3. The molecule has 3 N–H and O–H groups in total. The molecule has 0 aliphatic carbocycles. The lowest BCUT2D eigenvalue weighted by atomic mass is 10.1. The molecule has 0 saturated heterocycles. The molecule has 4 rings (SSSR count). The summed E-state index contributed by atoms with van der Waals surface area (Å²) in [5.41, 5.74) is 3.79. The highest BCUT2D eigenvalue weighted by atomic mass is 32.1. The number of H-pyrrole nitrogens is 2. The van der Waals surface area contributed by atoms with Crippen LogP contribution in [0, 0.1) is 11.7 Å². The molecule has 4 aromatic rings. The largest absolute Gasteiger partial charge is 0.324 e. The number of amides is 1. The summed E-state index contributed by atoms with van der Waals surface area (Å²) in [7, 11) is 0. The quantitative estimate of drug-likeness (QED) is 0.460. The van der Waals surface area contributed by atoms with E-state index >= 15 is 0 Å². The number of nitrogens with zero attached hydrogens (tertiary/aromatic N) is 3. The van der Waals surface area contributed by atoms with Crippen molar-refractivity contribution in [3.63, 3.8) is 0 Å². The van der Waals surface area contributed by atoms with Crippen LogP contribution in [0.1, 0.15) is 12.0 Å². The van der Waals surface area contributed by atoms with E-state index in [2.05, 4.69) is 25.5 Å². The van der Waals surface area contributed by atoms with E-state index in [0.29, 0.717) is 17.3 Å². The van der Waals surface area contributed by atoms with Gasteiger partial charge in [0.05, 0.1) is 11.0 Å². The van der Waals surface area contributed by atoms with Crippen LogP contribution in [0.15, 0.2) is 48.5 Å². The van der Waals surface area contributed by atoms with Crippen LogP contribution in [-0.2, 0) is 11.3 Å². The Hall–Kier alpha value is -3.26. The highest BCUT2D eigenvalue weighted by molar-refractivity contribution is 7.71. The van der Waals surface area contributed by atoms with Crippen LogP contribution in [0.4, 0.5) is 5.95 Å². The Morgan fingerprint density at radius 1 is 1.22 bits per heavy atom. The number of nitrogens with one attached hydrogen (secondary N) is 3. The Labute approximate surface area is 160 Å².